The summed E-state index contributed by atoms with van der Waals surface area (Å²) in [5.41, 5.74) is -0.159. The fourth-order valence-electron chi connectivity index (χ4n) is 1.39. The Labute approximate surface area is 81.0 Å². The van der Waals surface area contributed by atoms with E-state index in [4.69, 9.17) is 0 Å². The number of rotatable bonds is 1. The Morgan fingerprint density at radius 2 is 1.92 bits per heavy atom. The van der Waals surface area contributed by atoms with E-state index >= 15 is 0 Å². The minimum atomic E-state index is -0.106. The van der Waals surface area contributed by atoms with Crippen LogP contribution in [0.3, 0.4) is 0 Å². The molecule has 0 aromatic rings. The van der Waals surface area contributed by atoms with Crippen LogP contribution in [-0.4, -0.2) is 17.7 Å². The Hall–Kier alpha value is -0.440. The first-order chi connectivity index (χ1) is 5.91. The molecule has 1 atom stereocenters. The fraction of sp³-hybridized carbons (Fsp3) is 1.00. The lowest BCUT2D eigenvalue weighted by molar-refractivity contribution is 0.268. The molecule has 1 aliphatic heterocycles. The van der Waals surface area contributed by atoms with Crippen molar-refractivity contribution < 1.29 is 0 Å². The molecule has 1 unspecified atom stereocenters. The Morgan fingerprint density at radius 1 is 1.23 bits per heavy atom. The van der Waals surface area contributed by atoms with Crippen LogP contribution >= 0.6 is 0 Å². The molecule has 3 heteroatoms. The Balaban J connectivity index is 2.55. The quantitative estimate of drug-likeness (QED) is 0.623. The predicted octanol–water partition coefficient (Wildman–Crippen LogP) is 2.73. The minimum absolute atomic E-state index is 0.0534. The second kappa shape index (κ2) is 3.74. The second-order valence-corrected chi connectivity index (χ2v) is 5.03. The van der Waals surface area contributed by atoms with Gasteiger partial charge in [0, 0.05) is 0 Å². The van der Waals surface area contributed by atoms with Crippen molar-refractivity contribution in [1.29, 1.82) is 0 Å². The molecule has 0 aromatic carbocycles. The molecule has 0 aliphatic carbocycles. The molecule has 76 valence electrons. The van der Waals surface area contributed by atoms with Crippen molar-refractivity contribution in [2.75, 3.05) is 6.54 Å². The Bertz CT molecular complexity index is 185. The van der Waals surface area contributed by atoms with Gasteiger partial charge >= 0.3 is 0 Å². The maximum atomic E-state index is 4.40. The topological polar surface area (TPSA) is 36.8 Å². The average Bonchev–Trinajstić information content (AvgIpc) is 2.02. The summed E-state index contributed by atoms with van der Waals surface area (Å²) in [6, 6.07) is 0. The zero-order chi connectivity index (χ0) is 9.95. The molecule has 1 heterocycles. The van der Waals surface area contributed by atoms with E-state index < -0.39 is 0 Å². The van der Waals surface area contributed by atoms with Gasteiger partial charge < -0.3 is 0 Å². The lowest BCUT2D eigenvalue weighted by Gasteiger charge is -2.30. The van der Waals surface area contributed by atoms with Gasteiger partial charge in [-0.3, -0.25) is 5.32 Å². The highest BCUT2D eigenvalue weighted by molar-refractivity contribution is 4.83. The minimum Gasteiger partial charge on any atom is -0.292 e. The fourth-order valence-corrected chi connectivity index (χ4v) is 1.39. The van der Waals surface area contributed by atoms with Gasteiger partial charge in [0.1, 0.15) is 5.66 Å². The summed E-state index contributed by atoms with van der Waals surface area (Å²) < 4.78 is 0. The SMILES string of the molecule is CC(C)(C)/N=N/C1(C)CCCCN1. The molecule has 1 aliphatic rings. The Morgan fingerprint density at radius 3 is 2.38 bits per heavy atom. The first kappa shape index (κ1) is 10.6. The van der Waals surface area contributed by atoms with Gasteiger partial charge in [-0.15, -0.1) is 0 Å². The monoisotopic (exact) mass is 183 g/mol. The van der Waals surface area contributed by atoms with Crippen LogP contribution in [0.15, 0.2) is 10.2 Å². The Kier molecular flexibility index (Phi) is 3.06. The lowest BCUT2D eigenvalue weighted by atomic mass is 10.0. The number of nitrogens with zero attached hydrogens (tertiary/aromatic N) is 2. The molecule has 1 rings (SSSR count). The molecule has 1 saturated heterocycles. The third kappa shape index (κ3) is 3.85. The molecular formula is C10H21N3. The number of hydrogen-bond acceptors (Lipinski definition) is 3. The molecule has 0 bridgehead atoms. The molecule has 3 nitrogen and oxygen atoms in total. The van der Waals surface area contributed by atoms with Crippen LogP contribution in [0.2, 0.25) is 0 Å². The van der Waals surface area contributed by atoms with E-state index in [1.165, 1.54) is 12.8 Å². The molecule has 1 fully saturated rings. The van der Waals surface area contributed by atoms with Gasteiger partial charge in [0.25, 0.3) is 0 Å². The maximum absolute atomic E-state index is 4.40. The molecule has 0 radical (unpaired) electrons. The van der Waals surface area contributed by atoms with Gasteiger partial charge in [-0.25, -0.2) is 0 Å². The summed E-state index contributed by atoms with van der Waals surface area (Å²) >= 11 is 0. The van der Waals surface area contributed by atoms with E-state index in [1.807, 2.05) is 0 Å². The summed E-state index contributed by atoms with van der Waals surface area (Å²) in [5.74, 6) is 0. The number of hydrogen-bond donors (Lipinski definition) is 1. The van der Waals surface area contributed by atoms with Gasteiger partial charge in [-0.2, -0.15) is 10.2 Å². The normalized spacial score (nSPS) is 31.1. The van der Waals surface area contributed by atoms with E-state index in [-0.39, 0.29) is 11.2 Å². The predicted molar refractivity (Wildman–Crippen MR) is 54.9 cm³/mol. The van der Waals surface area contributed by atoms with Gasteiger partial charge in [-0.1, -0.05) is 0 Å². The highest BCUT2D eigenvalue weighted by Gasteiger charge is 2.26. The van der Waals surface area contributed by atoms with E-state index in [9.17, 15) is 0 Å². The van der Waals surface area contributed by atoms with Crippen LogP contribution in [0.1, 0.15) is 47.0 Å². The number of nitrogens with one attached hydrogen (secondary N) is 1. The summed E-state index contributed by atoms with van der Waals surface area (Å²) in [5, 5.41) is 12.1. The summed E-state index contributed by atoms with van der Waals surface area (Å²) in [7, 11) is 0. The largest absolute Gasteiger partial charge is 0.292 e. The van der Waals surface area contributed by atoms with E-state index in [0.717, 1.165) is 13.0 Å². The molecule has 13 heavy (non-hydrogen) atoms. The highest BCUT2D eigenvalue weighted by atomic mass is 15.3. The van der Waals surface area contributed by atoms with Crippen molar-refractivity contribution in [1.82, 2.24) is 5.32 Å². The molecule has 0 amide bonds. The van der Waals surface area contributed by atoms with E-state index in [1.54, 1.807) is 0 Å². The summed E-state index contributed by atoms with van der Waals surface area (Å²) in [6.07, 6.45) is 3.62. The number of azo groups is 1. The number of piperidine rings is 1. The van der Waals surface area contributed by atoms with Crippen LogP contribution in [0, 0.1) is 0 Å². The highest BCUT2D eigenvalue weighted by Crippen LogP contribution is 2.22. The lowest BCUT2D eigenvalue weighted by Crippen LogP contribution is -2.44. The van der Waals surface area contributed by atoms with Crippen molar-refractivity contribution in [3.8, 4) is 0 Å². The molecule has 0 aromatic heterocycles. The van der Waals surface area contributed by atoms with Gasteiger partial charge in [0.15, 0.2) is 0 Å². The smallest absolute Gasteiger partial charge is 0.128 e. The third-order valence-electron chi connectivity index (χ3n) is 2.17. The maximum Gasteiger partial charge on any atom is 0.128 e. The standard InChI is InChI=1S/C10H21N3/c1-9(2,3)12-13-10(4)7-5-6-8-11-10/h11H,5-8H2,1-4H3/b13-12+. The van der Waals surface area contributed by atoms with Crippen molar-refractivity contribution in [3.63, 3.8) is 0 Å². The summed E-state index contributed by atoms with van der Waals surface area (Å²) in [6.45, 7) is 9.41. The first-order valence-electron chi connectivity index (χ1n) is 5.10. The van der Waals surface area contributed by atoms with Crippen molar-refractivity contribution in [3.05, 3.63) is 0 Å². The zero-order valence-electron chi connectivity index (χ0n) is 9.22. The van der Waals surface area contributed by atoms with Gasteiger partial charge in [0.2, 0.25) is 0 Å². The average molecular weight is 183 g/mol. The molecule has 1 N–H and O–H groups in total. The molecular weight excluding hydrogens is 162 g/mol. The van der Waals surface area contributed by atoms with Gasteiger partial charge in [0.05, 0.1) is 5.54 Å². The van der Waals surface area contributed by atoms with Gasteiger partial charge in [-0.05, 0) is 53.5 Å². The first-order valence-corrected chi connectivity index (χ1v) is 5.10. The van der Waals surface area contributed by atoms with E-state index in [0.29, 0.717) is 0 Å². The van der Waals surface area contributed by atoms with Crippen molar-refractivity contribution in [2.24, 2.45) is 10.2 Å². The van der Waals surface area contributed by atoms with Crippen LogP contribution in [0.4, 0.5) is 0 Å². The van der Waals surface area contributed by atoms with Crippen LogP contribution in [0.5, 0.6) is 0 Å². The zero-order valence-corrected chi connectivity index (χ0v) is 9.22. The van der Waals surface area contributed by atoms with E-state index in [2.05, 4.69) is 43.2 Å². The molecule has 0 spiro atoms. The van der Waals surface area contributed by atoms with Crippen LogP contribution < -0.4 is 5.32 Å². The van der Waals surface area contributed by atoms with Crippen molar-refractivity contribution in [2.45, 2.75) is 58.2 Å². The van der Waals surface area contributed by atoms with Crippen molar-refractivity contribution >= 4 is 0 Å². The van der Waals surface area contributed by atoms with Crippen LogP contribution in [-0.2, 0) is 0 Å². The molecule has 0 saturated carbocycles. The second-order valence-electron chi connectivity index (χ2n) is 5.03. The summed E-state index contributed by atoms with van der Waals surface area (Å²) in [4.78, 5) is 0. The third-order valence-corrected chi connectivity index (χ3v) is 2.17. The van der Waals surface area contributed by atoms with Crippen LogP contribution in [0.25, 0.3) is 0 Å².